The topological polar surface area (TPSA) is 95.9 Å². The zero-order valence-electron chi connectivity index (χ0n) is 25.3. The number of fused-ring (bicyclic) bond motifs is 1. The van der Waals surface area contributed by atoms with Gasteiger partial charge in [0.15, 0.2) is 0 Å². The van der Waals surface area contributed by atoms with Gasteiger partial charge in [-0.2, -0.15) is 0 Å². The summed E-state index contributed by atoms with van der Waals surface area (Å²) in [5.74, 6) is -1.42. The molecule has 2 N–H and O–H groups in total. The maximum atomic E-state index is 13.7. The fourth-order valence-corrected chi connectivity index (χ4v) is 5.80. The molecule has 4 atom stereocenters. The highest BCUT2D eigenvalue weighted by Crippen LogP contribution is 2.27. The summed E-state index contributed by atoms with van der Waals surface area (Å²) in [7, 11) is 0. The first-order chi connectivity index (χ1) is 20.2. The van der Waals surface area contributed by atoms with Crippen LogP contribution in [0, 0.1) is 17.3 Å². The number of benzene rings is 2. The van der Waals surface area contributed by atoms with Gasteiger partial charge in [-0.05, 0) is 60.6 Å². The van der Waals surface area contributed by atoms with Crippen LogP contribution in [0.3, 0.4) is 0 Å². The Balaban J connectivity index is 1.49. The molecule has 0 fully saturated rings. The molecule has 0 bridgehead atoms. The highest BCUT2D eigenvalue weighted by atomic mass is 16.5. The fourth-order valence-electron chi connectivity index (χ4n) is 5.80. The first-order valence-electron chi connectivity index (χ1n) is 15.3. The van der Waals surface area contributed by atoms with E-state index in [4.69, 9.17) is 4.74 Å². The molecular formula is C35H46N2O5. The second-order valence-electron chi connectivity index (χ2n) is 12.8. The van der Waals surface area contributed by atoms with Gasteiger partial charge >= 0.3 is 5.97 Å². The summed E-state index contributed by atoms with van der Waals surface area (Å²) in [5, 5.41) is 13.2. The summed E-state index contributed by atoms with van der Waals surface area (Å²) in [5.41, 5.74) is 2.95. The van der Waals surface area contributed by atoms with E-state index in [1.54, 1.807) is 4.90 Å². The highest BCUT2D eigenvalue weighted by molar-refractivity contribution is 5.86. The molecule has 2 aliphatic heterocycles. The summed E-state index contributed by atoms with van der Waals surface area (Å²) in [6.07, 6.45) is 8.07. The minimum Gasteiger partial charge on any atom is -0.463 e. The van der Waals surface area contributed by atoms with Crippen LogP contribution >= 0.6 is 0 Å². The summed E-state index contributed by atoms with van der Waals surface area (Å²) < 4.78 is 5.86. The smallest absolute Gasteiger partial charge is 0.309 e. The molecule has 2 heterocycles. The Morgan fingerprint density at radius 3 is 2.43 bits per heavy atom. The first kappa shape index (κ1) is 31.5. The molecule has 7 heteroatoms. The number of carbonyl (C=O) groups excluding carboxylic acids is 3. The zero-order valence-corrected chi connectivity index (χ0v) is 25.3. The molecule has 0 aromatic heterocycles. The van der Waals surface area contributed by atoms with E-state index < -0.39 is 12.0 Å². The third-order valence-corrected chi connectivity index (χ3v) is 8.60. The number of aliphatic hydroxyl groups excluding tert-OH is 1. The molecule has 0 saturated heterocycles. The molecule has 7 nitrogen and oxygen atoms in total. The Morgan fingerprint density at radius 1 is 1.00 bits per heavy atom. The van der Waals surface area contributed by atoms with Gasteiger partial charge in [0, 0.05) is 13.0 Å². The summed E-state index contributed by atoms with van der Waals surface area (Å²) in [4.78, 5) is 42.3. The SMILES string of the molecule is CC(C)(C)[C@H]1COC(=O)[C@@H](Cc2ccccc2)CCCC=CC[C@H](CC(=O)N2Cc3ccccc3C[C@H]2CO)C(=O)N1. The van der Waals surface area contributed by atoms with Crippen LogP contribution < -0.4 is 5.32 Å². The van der Waals surface area contributed by atoms with E-state index in [2.05, 4.69) is 11.4 Å². The summed E-state index contributed by atoms with van der Waals surface area (Å²) in [6, 6.07) is 17.3. The average molecular weight is 575 g/mol. The summed E-state index contributed by atoms with van der Waals surface area (Å²) >= 11 is 0. The molecule has 0 spiro atoms. The Hall–Kier alpha value is -3.45. The van der Waals surface area contributed by atoms with Crippen LogP contribution in [0.25, 0.3) is 0 Å². The second-order valence-corrected chi connectivity index (χ2v) is 12.8. The van der Waals surface area contributed by atoms with Gasteiger partial charge in [-0.15, -0.1) is 0 Å². The van der Waals surface area contributed by atoms with E-state index in [1.165, 1.54) is 0 Å². The van der Waals surface area contributed by atoms with E-state index in [0.29, 0.717) is 32.2 Å². The number of carbonyl (C=O) groups is 3. The quantitative estimate of drug-likeness (QED) is 0.387. The lowest BCUT2D eigenvalue weighted by atomic mass is 9.86. The number of nitrogens with one attached hydrogen (secondary N) is 1. The molecule has 0 aliphatic carbocycles. The number of aliphatic hydroxyl groups is 1. The van der Waals surface area contributed by atoms with Crippen molar-refractivity contribution in [2.24, 2.45) is 17.3 Å². The molecule has 0 unspecified atom stereocenters. The van der Waals surface area contributed by atoms with Gasteiger partial charge < -0.3 is 20.1 Å². The van der Waals surface area contributed by atoms with E-state index in [1.807, 2.05) is 81.4 Å². The largest absolute Gasteiger partial charge is 0.463 e. The van der Waals surface area contributed by atoms with E-state index in [-0.39, 0.29) is 54.8 Å². The average Bonchev–Trinajstić information content (AvgIpc) is 2.98. The van der Waals surface area contributed by atoms with Crippen molar-refractivity contribution >= 4 is 17.8 Å². The van der Waals surface area contributed by atoms with Gasteiger partial charge in [0.25, 0.3) is 0 Å². The number of rotatable bonds is 5. The molecule has 2 amide bonds. The number of hydrogen-bond donors (Lipinski definition) is 2. The molecule has 4 rings (SSSR count). The predicted octanol–water partition coefficient (Wildman–Crippen LogP) is 5.00. The maximum absolute atomic E-state index is 13.7. The normalized spacial score (nSPS) is 24.2. The second kappa shape index (κ2) is 14.6. The van der Waals surface area contributed by atoms with Crippen molar-refractivity contribution in [3.05, 3.63) is 83.4 Å². The van der Waals surface area contributed by atoms with Crippen molar-refractivity contribution in [3.63, 3.8) is 0 Å². The number of hydrogen-bond acceptors (Lipinski definition) is 5. The van der Waals surface area contributed by atoms with Gasteiger partial charge in [0.05, 0.1) is 30.5 Å². The van der Waals surface area contributed by atoms with Gasteiger partial charge in [0.1, 0.15) is 6.61 Å². The van der Waals surface area contributed by atoms with Crippen LogP contribution in [-0.4, -0.2) is 53.1 Å². The number of cyclic esters (lactones) is 1. The van der Waals surface area contributed by atoms with Crippen LogP contribution in [0.4, 0.5) is 0 Å². The Labute approximate surface area is 250 Å². The molecule has 2 aromatic carbocycles. The lowest BCUT2D eigenvalue weighted by Gasteiger charge is -2.37. The number of ether oxygens (including phenoxy) is 1. The predicted molar refractivity (Wildman–Crippen MR) is 163 cm³/mol. The Kier molecular flexibility index (Phi) is 11.0. The van der Waals surface area contributed by atoms with Crippen molar-refractivity contribution in [1.82, 2.24) is 10.2 Å². The van der Waals surface area contributed by atoms with Gasteiger partial charge in [0.2, 0.25) is 11.8 Å². The fraction of sp³-hybridized carbons (Fsp3) is 0.514. The monoisotopic (exact) mass is 574 g/mol. The lowest BCUT2D eigenvalue weighted by molar-refractivity contribution is -0.151. The van der Waals surface area contributed by atoms with Gasteiger partial charge in [-0.25, -0.2) is 0 Å². The van der Waals surface area contributed by atoms with Crippen LogP contribution in [0.1, 0.15) is 69.6 Å². The van der Waals surface area contributed by atoms with Crippen molar-refractivity contribution in [1.29, 1.82) is 0 Å². The van der Waals surface area contributed by atoms with E-state index in [0.717, 1.165) is 29.5 Å². The van der Waals surface area contributed by atoms with Gasteiger partial charge in [-0.1, -0.05) is 87.5 Å². The Bertz CT molecular complexity index is 1240. The molecule has 226 valence electrons. The van der Waals surface area contributed by atoms with E-state index in [9.17, 15) is 19.5 Å². The molecule has 42 heavy (non-hydrogen) atoms. The van der Waals surface area contributed by atoms with Crippen LogP contribution in [0.5, 0.6) is 0 Å². The van der Waals surface area contributed by atoms with Crippen molar-refractivity contribution in [2.45, 2.75) is 84.3 Å². The van der Waals surface area contributed by atoms with Crippen LogP contribution in [-0.2, 0) is 38.5 Å². The third kappa shape index (κ3) is 8.54. The third-order valence-electron chi connectivity index (χ3n) is 8.60. The highest BCUT2D eigenvalue weighted by Gasteiger charge is 2.35. The van der Waals surface area contributed by atoms with Crippen molar-refractivity contribution in [3.8, 4) is 0 Å². The van der Waals surface area contributed by atoms with E-state index >= 15 is 0 Å². The van der Waals surface area contributed by atoms with Gasteiger partial charge in [-0.3, -0.25) is 14.4 Å². The molecule has 0 radical (unpaired) electrons. The minimum atomic E-state index is -0.570. The zero-order chi connectivity index (χ0) is 30.1. The number of nitrogens with zero attached hydrogens (tertiary/aromatic N) is 1. The summed E-state index contributed by atoms with van der Waals surface area (Å²) in [6.45, 7) is 6.40. The first-order valence-corrected chi connectivity index (χ1v) is 15.3. The molecule has 2 aromatic rings. The molecular weight excluding hydrogens is 528 g/mol. The van der Waals surface area contributed by atoms with Crippen LogP contribution in [0.2, 0.25) is 0 Å². The Morgan fingerprint density at radius 2 is 1.71 bits per heavy atom. The van der Waals surface area contributed by atoms with Crippen LogP contribution in [0.15, 0.2) is 66.7 Å². The minimum absolute atomic E-state index is 0.0463. The lowest BCUT2D eigenvalue weighted by Crippen LogP contribution is -2.51. The number of amides is 2. The van der Waals surface area contributed by atoms with Crippen molar-refractivity contribution < 1.29 is 24.2 Å². The van der Waals surface area contributed by atoms with Crippen molar-refractivity contribution in [2.75, 3.05) is 13.2 Å². The number of esters is 1. The maximum Gasteiger partial charge on any atom is 0.309 e. The molecule has 0 saturated carbocycles. The standard InChI is InChI=1S/C35H46N2O5/c1-35(2,3)31-24-42-34(41)28(19-25-13-7-6-8-14-25)17-10-5-4-9-16-27(33(40)36-31)21-32(39)37-22-29-18-12-11-15-26(29)20-30(37)23-38/h4,6-9,11-15,18,27-28,30-31,38H,5,10,16-17,19-24H2,1-3H3,(H,36,40)/t27-,28-,30+,31-/m1/s1. The molecule has 2 aliphatic rings. The number of allylic oxidation sites excluding steroid dienone is 2.